The lowest BCUT2D eigenvalue weighted by molar-refractivity contribution is 0.414. The smallest absolute Gasteiger partial charge is 0.119 e. The number of rotatable bonds is 4. The van der Waals surface area contributed by atoms with Crippen LogP contribution in [0.5, 0.6) is 5.75 Å². The molecule has 0 bridgehead atoms. The Morgan fingerprint density at radius 1 is 1.33 bits per heavy atom. The van der Waals surface area contributed by atoms with E-state index >= 15 is 0 Å². The highest BCUT2D eigenvalue weighted by molar-refractivity contribution is 9.09. The van der Waals surface area contributed by atoms with Gasteiger partial charge in [0.1, 0.15) is 5.75 Å². The van der Waals surface area contributed by atoms with E-state index in [4.69, 9.17) is 27.9 Å². The molecule has 0 fully saturated rings. The van der Waals surface area contributed by atoms with Crippen LogP contribution in [0.3, 0.4) is 0 Å². The summed E-state index contributed by atoms with van der Waals surface area (Å²) in [5, 5.41) is 0. The molecule has 0 aliphatic carbocycles. The third-order valence-corrected chi connectivity index (χ3v) is 4.90. The van der Waals surface area contributed by atoms with Crippen molar-refractivity contribution in [2.45, 2.75) is 11.2 Å². The van der Waals surface area contributed by atoms with Crippen molar-refractivity contribution in [2.24, 2.45) is 0 Å². The second kappa shape index (κ2) is 6.29. The molecule has 1 atom stereocenters. The maximum absolute atomic E-state index is 6.14. The molecule has 2 rings (SSSR count). The van der Waals surface area contributed by atoms with E-state index in [1.165, 1.54) is 16.9 Å². The average Bonchev–Trinajstić information content (AvgIpc) is 2.69. The maximum atomic E-state index is 6.14. The van der Waals surface area contributed by atoms with Gasteiger partial charge in [-0.2, -0.15) is 0 Å². The molecular formula is C13H11BrCl2OS. The Morgan fingerprint density at radius 3 is 2.72 bits per heavy atom. The molecule has 0 saturated carbocycles. The highest BCUT2D eigenvalue weighted by Crippen LogP contribution is 2.39. The van der Waals surface area contributed by atoms with Crippen molar-refractivity contribution in [1.82, 2.24) is 0 Å². The summed E-state index contributed by atoms with van der Waals surface area (Å²) in [6, 6.07) is 9.92. The summed E-state index contributed by atoms with van der Waals surface area (Å²) in [6.45, 7) is 0. The van der Waals surface area contributed by atoms with Gasteiger partial charge in [-0.15, -0.1) is 11.3 Å². The molecule has 1 aromatic carbocycles. The number of hydrogen-bond acceptors (Lipinski definition) is 2. The van der Waals surface area contributed by atoms with Crippen LogP contribution in [0.25, 0.3) is 0 Å². The van der Waals surface area contributed by atoms with Gasteiger partial charge in [-0.3, -0.25) is 0 Å². The lowest BCUT2D eigenvalue weighted by atomic mass is 10.1. The van der Waals surface area contributed by atoms with Crippen molar-refractivity contribution in [3.05, 3.63) is 50.1 Å². The van der Waals surface area contributed by atoms with Gasteiger partial charge in [0.05, 0.1) is 15.8 Å². The first kappa shape index (κ1) is 14.2. The van der Waals surface area contributed by atoms with Gasteiger partial charge in [-0.1, -0.05) is 51.3 Å². The van der Waals surface area contributed by atoms with Crippen molar-refractivity contribution in [1.29, 1.82) is 0 Å². The van der Waals surface area contributed by atoms with Crippen LogP contribution in [0.15, 0.2) is 30.3 Å². The van der Waals surface area contributed by atoms with Crippen LogP contribution in [-0.4, -0.2) is 7.11 Å². The van der Waals surface area contributed by atoms with Crippen molar-refractivity contribution < 1.29 is 4.74 Å². The number of thiophene rings is 1. The second-order valence-electron chi connectivity index (χ2n) is 3.80. The van der Waals surface area contributed by atoms with Crippen LogP contribution < -0.4 is 4.74 Å². The lowest BCUT2D eigenvalue weighted by Gasteiger charge is -2.10. The summed E-state index contributed by atoms with van der Waals surface area (Å²) in [6.07, 6.45) is 0.837. The molecule has 0 spiro atoms. The zero-order chi connectivity index (χ0) is 13.1. The van der Waals surface area contributed by atoms with E-state index in [0.717, 1.165) is 22.1 Å². The molecule has 0 saturated heterocycles. The first-order chi connectivity index (χ1) is 8.60. The fraction of sp³-hybridized carbons (Fsp3) is 0.231. The summed E-state index contributed by atoms with van der Waals surface area (Å²) >= 11 is 17.1. The predicted molar refractivity (Wildman–Crippen MR) is 82.7 cm³/mol. The topological polar surface area (TPSA) is 9.23 Å². The largest absolute Gasteiger partial charge is 0.497 e. The fourth-order valence-corrected chi connectivity index (χ4v) is 4.28. The van der Waals surface area contributed by atoms with Crippen LogP contribution in [0.2, 0.25) is 8.67 Å². The molecule has 0 N–H and O–H groups in total. The molecule has 5 heteroatoms. The molecule has 18 heavy (non-hydrogen) atoms. The molecule has 1 unspecified atom stereocenters. The minimum absolute atomic E-state index is 0.154. The van der Waals surface area contributed by atoms with Crippen LogP contribution >= 0.6 is 50.5 Å². The summed E-state index contributed by atoms with van der Waals surface area (Å²) in [7, 11) is 1.67. The predicted octanol–water partition coefficient (Wildman–Crippen LogP) is 5.74. The van der Waals surface area contributed by atoms with Gasteiger partial charge in [0.2, 0.25) is 0 Å². The Morgan fingerprint density at radius 2 is 2.11 bits per heavy atom. The van der Waals surface area contributed by atoms with E-state index < -0.39 is 0 Å². The van der Waals surface area contributed by atoms with E-state index in [1.807, 2.05) is 24.3 Å². The van der Waals surface area contributed by atoms with Gasteiger partial charge < -0.3 is 4.74 Å². The number of methoxy groups -OCH3 is 1. The molecule has 0 aliphatic rings. The minimum atomic E-state index is 0.154. The Hall–Kier alpha value is -0.220. The van der Waals surface area contributed by atoms with Crippen LogP contribution in [-0.2, 0) is 6.42 Å². The van der Waals surface area contributed by atoms with Crippen LogP contribution in [0.4, 0.5) is 0 Å². The summed E-state index contributed by atoms with van der Waals surface area (Å²) < 4.78 is 6.66. The van der Waals surface area contributed by atoms with E-state index in [1.54, 1.807) is 7.11 Å². The van der Waals surface area contributed by atoms with Gasteiger partial charge in [0.25, 0.3) is 0 Å². The Kier molecular flexibility index (Phi) is 4.96. The SMILES string of the molecule is COc1cccc(CC(Br)c2cc(Cl)sc2Cl)c1. The van der Waals surface area contributed by atoms with E-state index in [-0.39, 0.29) is 4.83 Å². The standard InChI is InChI=1S/C13H11BrCl2OS/c1-17-9-4-2-3-8(5-9)6-11(14)10-7-12(15)18-13(10)16/h2-5,7,11H,6H2,1H3. The van der Waals surface area contributed by atoms with Crippen LogP contribution in [0.1, 0.15) is 16.0 Å². The third kappa shape index (κ3) is 3.41. The third-order valence-electron chi connectivity index (χ3n) is 2.57. The highest BCUT2D eigenvalue weighted by atomic mass is 79.9. The summed E-state index contributed by atoms with van der Waals surface area (Å²) in [5.41, 5.74) is 2.23. The molecule has 0 radical (unpaired) electrons. The maximum Gasteiger partial charge on any atom is 0.119 e. The van der Waals surface area contributed by atoms with Gasteiger partial charge in [0.15, 0.2) is 0 Å². The van der Waals surface area contributed by atoms with Gasteiger partial charge in [-0.05, 0) is 35.7 Å². The molecule has 2 aromatic rings. The monoisotopic (exact) mass is 364 g/mol. The molecule has 0 amide bonds. The quantitative estimate of drug-likeness (QED) is 0.627. The first-order valence-electron chi connectivity index (χ1n) is 5.32. The highest BCUT2D eigenvalue weighted by Gasteiger charge is 2.15. The molecule has 1 nitrogen and oxygen atoms in total. The zero-order valence-electron chi connectivity index (χ0n) is 9.62. The van der Waals surface area contributed by atoms with Crippen molar-refractivity contribution in [3.8, 4) is 5.75 Å². The van der Waals surface area contributed by atoms with Crippen LogP contribution in [0, 0.1) is 0 Å². The van der Waals surface area contributed by atoms with Gasteiger partial charge >= 0.3 is 0 Å². The second-order valence-corrected chi connectivity index (χ2v) is 7.19. The van der Waals surface area contributed by atoms with Crippen molar-refractivity contribution in [3.63, 3.8) is 0 Å². The fourth-order valence-electron chi connectivity index (χ4n) is 1.68. The average molecular weight is 366 g/mol. The van der Waals surface area contributed by atoms with E-state index in [9.17, 15) is 0 Å². The minimum Gasteiger partial charge on any atom is -0.497 e. The molecule has 96 valence electrons. The Labute approximate surface area is 129 Å². The lowest BCUT2D eigenvalue weighted by Crippen LogP contribution is -1.95. The van der Waals surface area contributed by atoms with Gasteiger partial charge in [-0.25, -0.2) is 0 Å². The number of alkyl halides is 1. The molecule has 1 aromatic heterocycles. The number of hydrogen-bond donors (Lipinski definition) is 0. The van der Waals surface area contributed by atoms with Gasteiger partial charge in [0, 0.05) is 4.83 Å². The van der Waals surface area contributed by atoms with Crippen molar-refractivity contribution >= 4 is 50.5 Å². The summed E-state index contributed by atoms with van der Waals surface area (Å²) in [5.74, 6) is 0.863. The number of benzene rings is 1. The first-order valence-corrected chi connectivity index (χ1v) is 7.80. The zero-order valence-corrected chi connectivity index (χ0v) is 13.5. The van der Waals surface area contributed by atoms with Crippen molar-refractivity contribution in [2.75, 3.05) is 7.11 Å². The summed E-state index contributed by atoms with van der Waals surface area (Å²) in [4.78, 5) is 0.154. The molecule has 1 heterocycles. The number of ether oxygens (including phenoxy) is 1. The Bertz CT molecular complexity index is 542. The number of halogens is 3. The molecule has 0 aliphatic heterocycles. The Balaban J connectivity index is 2.15. The molecular weight excluding hydrogens is 355 g/mol. The van der Waals surface area contributed by atoms with E-state index in [0.29, 0.717) is 4.34 Å². The normalized spacial score (nSPS) is 12.4. The van der Waals surface area contributed by atoms with E-state index in [2.05, 4.69) is 22.0 Å².